The second kappa shape index (κ2) is 9.82. The molecule has 6 heteroatoms. The molecule has 1 saturated heterocycles. The molecular formula is C14H31Cl2N3O. The average Bonchev–Trinajstić information content (AvgIpc) is 2.41. The molecule has 1 unspecified atom stereocenters. The fourth-order valence-electron chi connectivity index (χ4n) is 2.82. The molecule has 0 saturated carbocycles. The molecule has 0 bridgehead atoms. The van der Waals surface area contributed by atoms with E-state index in [2.05, 4.69) is 32.8 Å². The third kappa shape index (κ3) is 4.76. The van der Waals surface area contributed by atoms with Crippen molar-refractivity contribution in [1.82, 2.24) is 9.80 Å². The lowest BCUT2D eigenvalue weighted by Crippen LogP contribution is -2.54. The largest absolute Gasteiger partial charge is 0.341 e. The van der Waals surface area contributed by atoms with E-state index >= 15 is 0 Å². The number of nitrogens with two attached hydrogens (primary N) is 1. The van der Waals surface area contributed by atoms with E-state index in [1.54, 1.807) is 0 Å². The number of rotatable bonds is 5. The second-order valence-corrected chi connectivity index (χ2v) is 5.70. The van der Waals surface area contributed by atoms with E-state index in [4.69, 9.17) is 5.73 Å². The first-order valence-electron chi connectivity index (χ1n) is 7.16. The Morgan fingerprint density at radius 2 is 1.85 bits per heavy atom. The molecule has 4 nitrogen and oxygen atoms in total. The van der Waals surface area contributed by atoms with Gasteiger partial charge in [-0.3, -0.25) is 4.79 Å². The van der Waals surface area contributed by atoms with Crippen LogP contribution in [0.25, 0.3) is 0 Å². The number of hydrogen-bond acceptors (Lipinski definition) is 3. The smallest absolute Gasteiger partial charge is 0.230 e. The summed E-state index contributed by atoms with van der Waals surface area (Å²) in [6, 6.07) is 0.492. The van der Waals surface area contributed by atoms with Gasteiger partial charge in [-0.15, -0.1) is 24.8 Å². The summed E-state index contributed by atoms with van der Waals surface area (Å²) in [7, 11) is 4.18. The molecule has 122 valence electrons. The zero-order valence-corrected chi connectivity index (χ0v) is 14.9. The SMILES string of the molecule is CCC(CC)(CN)C(=O)N1CCCC(N(C)C)C1.Cl.Cl. The second-order valence-electron chi connectivity index (χ2n) is 5.70. The van der Waals surface area contributed by atoms with Crippen LogP contribution >= 0.6 is 24.8 Å². The molecule has 2 N–H and O–H groups in total. The van der Waals surface area contributed by atoms with Crippen LogP contribution in [0, 0.1) is 5.41 Å². The van der Waals surface area contributed by atoms with Crippen LogP contribution in [0.2, 0.25) is 0 Å². The van der Waals surface area contributed by atoms with Crippen LogP contribution in [-0.4, -0.2) is 55.5 Å². The highest BCUT2D eigenvalue weighted by Gasteiger charge is 2.38. The number of halogens is 2. The molecule has 1 amide bonds. The van der Waals surface area contributed by atoms with Crippen molar-refractivity contribution in [3.8, 4) is 0 Å². The molecule has 1 atom stereocenters. The molecule has 1 rings (SSSR count). The van der Waals surface area contributed by atoms with Crippen LogP contribution in [0.1, 0.15) is 39.5 Å². The molecule has 20 heavy (non-hydrogen) atoms. The van der Waals surface area contributed by atoms with Gasteiger partial charge in [0.05, 0.1) is 5.41 Å². The highest BCUT2D eigenvalue weighted by Crippen LogP contribution is 2.29. The summed E-state index contributed by atoms with van der Waals surface area (Å²) in [5.41, 5.74) is 5.53. The monoisotopic (exact) mass is 327 g/mol. The zero-order valence-electron chi connectivity index (χ0n) is 13.2. The highest BCUT2D eigenvalue weighted by molar-refractivity contribution is 5.85. The van der Waals surface area contributed by atoms with E-state index in [1.165, 1.54) is 6.42 Å². The summed E-state index contributed by atoms with van der Waals surface area (Å²) < 4.78 is 0. The van der Waals surface area contributed by atoms with Crippen LogP contribution in [-0.2, 0) is 4.79 Å². The maximum Gasteiger partial charge on any atom is 0.230 e. The van der Waals surface area contributed by atoms with Gasteiger partial charge in [0.2, 0.25) is 5.91 Å². The summed E-state index contributed by atoms with van der Waals surface area (Å²) in [6.45, 7) is 6.35. The summed E-state index contributed by atoms with van der Waals surface area (Å²) in [4.78, 5) is 17.0. The van der Waals surface area contributed by atoms with Gasteiger partial charge in [0.1, 0.15) is 0 Å². The van der Waals surface area contributed by atoms with Crippen molar-refractivity contribution in [2.45, 2.75) is 45.6 Å². The van der Waals surface area contributed by atoms with Crippen molar-refractivity contribution in [3.63, 3.8) is 0 Å². The van der Waals surface area contributed by atoms with Crippen molar-refractivity contribution in [2.24, 2.45) is 11.1 Å². The standard InChI is InChI=1S/C14H29N3O.2ClH/c1-5-14(6-2,11-15)13(18)17-9-7-8-12(10-17)16(3)4;;/h12H,5-11,15H2,1-4H3;2*1H. The summed E-state index contributed by atoms with van der Waals surface area (Å²) in [5.74, 6) is 0.265. The summed E-state index contributed by atoms with van der Waals surface area (Å²) >= 11 is 0. The fraction of sp³-hybridized carbons (Fsp3) is 0.929. The van der Waals surface area contributed by atoms with Gasteiger partial charge in [0.15, 0.2) is 0 Å². The first-order chi connectivity index (χ1) is 8.50. The number of hydrogen-bond donors (Lipinski definition) is 1. The molecule has 1 aliphatic heterocycles. The van der Waals surface area contributed by atoms with E-state index in [-0.39, 0.29) is 36.1 Å². The van der Waals surface area contributed by atoms with E-state index in [1.807, 2.05) is 4.90 Å². The Morgan fingerprint density at radius 3 is 2.25 bits per heavy atom. The van der Waals surface area contributed by atoms with Crippen molar-refractivity contribution in [2.75, 3.05) is 33.7 Å². The number of likely N-dealkylation sites (tertiary alicyclic amines) is 1. The number of likely N-dealkylation sites (N-methyl/N-ethyl adjacent to an activating group) is 1. The lowest BCUT2D eigenvalue weighted by atomic mass is 9.80. The zero-order chi connectivity index (χ0) is 13.8. The molecule has 0 aliphatic carbocycles. The lowest BCUT2D eigenvalue weighted by Gasteiger charge is -2.41. The number of carbonyl (C=O) groups is 1. The topological polar surface area (TPSA) is 49.6 Å². The molecule has 0 spiro atoms. The molecule has 0 aromatic heterocycles. The Hall–Kier alpha value is -0.0300. The highest BCUT2D eigenvalue weighted by atomic mass is 35.5. The van der Waals surface area contributed by atoms with E-state index < -0.39 is 0 Å². The normalized spacial score (nSPS) is 19.3. The molecule has 0 radical (unpaired) electrons. The van der Waals surface area contributed by atoms with Gasteiger partial charge in [0.25, 0.3) is 0 Å². The minimum absolute atomic E-state index is 0. The predicted octanol–water partition coefficient (Wildman–Crippen LogP) is 2.15. The molecule has 1 aliphatic rings. The Morgan fingerprint density at radius 1 is 1.30 bits per heavy atom. The Bertz CT molecular complexity index is 275. The van der Waals surface area contributed by atoms with Crippen LogP contribution in [0.5, 0.6) is 0 Å². The van der Waals surface area contributed by atoms with Gasteiger partial charge < -0.3 is 15.5 Å². The fourth-order valence-corrected chi connectivity index (χ4v) is 2.82. The maximum atomic E-state index is 12.7. The quantitative estimate of drug-likeness (QED) is 0.841. The third-order valence-corrected chi connectivity index (χ3v) is 4.61. The molecular weight excluding hydrogens is 297 g/mol. The average molecular weight is 328 g/mol. The first-order valence-corrected chi connectivity index (χ1v) is 7.16. The van der Waals surface area contributed by atoms with Gasteiger partial charge in [-0.05, 0) is 39.8 Å². The Labute approximate surface area is 136 Å². The van der Waals surface area contributed by atoms with Crippen LogP contribution in [0.15, 0.2) is 0 Å². The van der Waals surface area contributed by atoms with Gasteiger partial charge in [-0.1, -0.05) is 13.8 Å². The summed E-state index contributed by atoms with van der Waals surface area (Å²) in [5, 5.41) is 0. The van der Waals surface area contributed by atoms with E-state index in [9.17, 15) is 4.79 Å². The number of nitrogens with zero attached hydrogens (tertiary/aromatic N) is 2. The maximum absolute atomic E-state index is 12.7. The van der Waals surface area contributed by atoms with Gasteiger partial charge >= 0.3 is 0 Å². The van der Waals surface area contributed by atoms with E-state index in [0.717, 1.165) is 32.4 Å². The number of carbonyl (C=O) groups excluding carboxylic acids is 1. The Balaban J connectivity index is 0. The first kappa shape index (κ1) is 22.3. The Kier molecular flexibility index (Phi) is 10.9. The van der Waals surface area contributed by atoms with Crippen molar-refractivity contribution < 1.29 is 4.79 Å². The number of piperidine rings is 1. The minimum atomic E-state index is -0.339. The van der Waals surface area contributed by atoms with Crippen molar-refractivity contribution in [1.29, 1.82) is 0 Å². The van der Waals surface area contributed by atoms with Crippen LogP contribution in [0.4, 0.5) is 0 Å². The summed E-state index contributed by atoms with van der Waals surface area (Å²) in [6.07, 6.45) is 3.96. The minimum Gasteiger partial charge on any atom is -0.341 e. The van der Waals surface area contributed by atoms with Gasteiger partial charge in [0, 0.05) is 25.7 Å². The molecule has 1 fully saturated rings. The van der Waals surface area contributed by atoms with Crippen LogP contribution < -0.4 is 5.73 Å². The molecule has 1 heterocycles. The van der Waals surface area contributed by atoms with Crippen molar-refractivity contribution in [3.05, 3.63) is 0 Å². The van der Waals surface area contributed by atoms with Gasteiger partial charge in [-0.2, -0.15) is 0 Å². The molecule has 0 aromatic carbocycles. The van der Waals surface area contributed by atoms with Crippen LogP contribution in [0.3, 0.4) is 0 Å². The van der Waals surface area contributed by atoms with E-state index in [0.29, 0.717) is 12.6 Å². The number of amides is 1. The van der Waals surface area contributed by atoms with Crippen molar-refractivity contribution >= 4 is 30.7 Å². The predicted molar refractivity (Wildman–Crippen MR) is 89.9 cm³/mol. The lowest BCUT2D eigenvalue weighted by molar-refractivity contribution is -0.144. The molecule has 0 aromatic rings. The third-order valence-electron chi connectivity index (χ3n) is 4.61. The van der Waals surface area contributed by atoms with Gasteiger partial charge in [-0.25, -0.2) is 0 Å².